The molecule has 0 radical (unpaired) electrons. The standard InChI is InChI=1S/C14H25N3O2S2/c1-12(2)15-11-13-14(5-10-20-13)21(18,19)17-7-4-6-16(3)8-9-17/h5,10,12,15H,4,6-9,11H2,1-3H3. The maximum atomic E-state index is 12.9. The zero-order valence-corrected chi connectivity index (χ0v) is 14.6. The first-order chi connectivity index (χ1) is 9.91. The maximum absolute atomic E-state index is 12.9. The van der Waals surface area contributed by atoms with Crippen LogP contribution in [0.5, 0.6) is 0 Å². The van der Waals surface area contributed by atoms with Gasteiger partial charge in [0.05, 0.1) is 4.90 Å². The SMILES string of the molecule is CC(C)NCc1sccc1S(=O)(=O)N1CCCN(C)CC1. The molecule has 21 heavy (non-hydrogen) atoms. The quantitative estimate of drug-likeness (QED) is 0.890. The molecule has 0 aliphatic carbocycles. The van der Waals surface area contributed by atoms with E-state index in [1.54, 1.807) is 10.4 Å². The van der Waals surface area contributed by atoms with Gasteiger partial charge in [-0.05, 0) is 31.5 Å². The van der Waals surface area contributed by atoms with Crippen LogP contribution >= 0.6 is 11.3 Å². The molecule has 0 amide bonds. The van der Waals surface area contributed by atoms with Crippen LogP contribution in [0.15, 0.2) is 16.3 Å². The summed E-state index contributed by atoms with van der Waals surface area (Å²) >= 11 is 1.51. The lowest BCUT2D eigenvalue weighted by atomic mass is 10.4. The maximum Gasteiger partial charge on any atom is 0.244 e. The van der Waals surface area contributed by atoms with Gasteiger partial charge in [0, 0.05) is 37.1 Å². The molecule has 0 atom stereocenters. The van der Waals surface area contributed by atoms with Crippen molar-refractivity contribution in [3.8, 4) is 0 Å². The summed E-state index contributed by atoms with van der Waals surface area (Å²) in [5, 5.41) is 5.17. The van der Waals surface area contributed by atoms with E-state index in [-0.39, 0.29) is 0 Å². The molecule has 0 unspecified atom stereocenters. The third-order valence-corrected chi connectivity index (χ3v) is 6.71. The second-order valence-electron chi connectivity index (χ2n) is 5.80. The van der Waals surface area contributed by atoms with Crippen LogP contribution in [0.3, 0.4) is 0 Å². The monoisotopic (exact) mass is 331 g/mol. The summed E-state index contributed by atoms with van der Waals surface area (Å²) in [4.78, 5) is 3.57. The number of nitrogens with one attached hydrogen (secondary N) is 1. The fourth-order valence-electron chi connectivity index (χ4n) is 2.39. The molecule has 1 fully saturated rings. The second kappa shape index (κ2) is 7.19. The molecule has 120 valence electrons. The minimum atomic E-state index is -3.37. The van der Waals surface area contributed by atoms with Crippen LogP contribution in [-0.2, 0) is 16.6 Å². The average molecular weight is 332 g/mol. The van der Waals surface area contributed by atoms with Gasteiger partial charge in [0.2, 0.25) is 10.0 Å². The summed E-state index contributed by atoms with van der Waals surface area (Å²) in [6, 6.07) is 2.08. The minimum absolute atomic E-state index is 0.342. The lowest BCUT2D eigenvalue weighted by molar-refractivity contribution is 0.347. The first kappa shape index (κ1) is 16.9. The molecular weight excluding hydrogens is 306 g/mol. The number of likely N-dealkylation sites (N-methyl/N-ethyl adjacent to an activating group) is 1. The molecule has 5 nitrogen and oxygen atoms in total. The summed E-state index contributed by atoms with van der Waals surface area (Å²) in [5.74, 6) is 0. The number of thiophene rings is 1. The first-order valence-electron chi connectivity index (χ1n) is 7.39. The van der Waals surface area contributed by atoms with Crippen molar-refractivity contribution in [1.82, 2.24) is 14.5 Å². The van der Waals surface area contributed by atoms with Crippen molar-refractivity contribution in [2.75, 3.05) is 33.2 Å². The van der Waals surface area contributed by atoms with Gasteiger partial charge in [-0.25, -0.2) is 8.42 Å². The number of hydrogen-bond acceptors (Lipinski definition) is 5. The molecule has 0 saturated carbocycles. The molecule has 0 aromatic carbocycles. The van der Waals surface area contributed by atoms with E-state index >= 15 is 0 Å². The molecule has 0 bridgehead atoms. The molecule has 1 N–H and O–H groups in total. The second-order valence-corrected chi connectivity index (χ2v) is 8.71. The summed E-state index contributed by atoms with van der Waals surface area (Å²) in [7, 11) is -1.33. The van der Waals surface area contributed by atoms with Gasteiger partial charge in [0.25, 0.3) is 0 Å². The molecule has 1 aromatic rings. The zero-order chi connectivity index (χ0) is 15.5. The van der Waals surface area contributed by atoms with Crippen molar-refractivity contribution in [3.63, 3.8) is 0 Å². The molecule has 2 heterocycles. The third-order valence-electron chi connectivity index (χ3n) is 3.67. The van der Waals surface area contributed by atoms with E-state index in [9.17, 15) is 8.42 Å². The van der Waals surface area contributed by atoms with E-state index in [2.05, 4.69) is 24.1 Å². The third kappa shape index (κ3) is 4.26. The average Bonchev–Trinajstić information content (AvgIpc) is 2.78. The molecule has 1 saturated heterocycles. The van der Waals surface area contributed by atoms with Crippen molar-refractivity contribution >= 4 is 21.4 Å². The highest BCUT2D eigenvalue weighted by molar-refractivity contribution is 7.89. The Morgan fingerprint density at radius 2 is 2.05 bits per heavy atom. The fourth-order valence-corrected chi connectivity index (χ4v) is 5.22. The predicted octanol–water partition coefficient (Wildman–Crippen LogP) is 1.57. The number of nitrogens with zero attached hydrogens (tertiary/aromatic N) is 2. The molecular formula is C14H25N3O2S2. The van der Waals surface area contributed by atoms with Gasteiger partial charge in [-0.15, -0.1) is 11.3 Å². The first-order valence-corrected chi connectivity index (χ1v) is 9.71. The molecule has 1 aromatic heterocycles. The van der Waals surface area contributed by atoms with E-state index in [0.29, 0.717) is 30.6 Å². The van der Waals surface area contributed by atoms with Crippen molar-refractivity contribution in [2.24, 2.45) is 0 Å². The summed E-state index contributed by atoms with van der Waals surface area (Å²) in [5.41, 5.74) is 0. The van der Waals surface area contributed by atoms with E-state index in [4.69, 9.17) is 0 Å². The van der Waals surface area contributed by atoms with Crippen LogP contribution in [0.1, 0.15) is 25.1 Å². The Hall–Kier alpha value is -0.470. The largest absolute Gasteiger partial charge is 0.310 e. The van der Waals surface area contributed by atoms with Gasteiger partial charge in [0.15, 0.2) is 0 Å². The van der Waals surface area contributed by atoms with Gasteiger partial charge in [-0.1, -0.05) is 13.8 Å². The Bertz CT molecular complexity index is 554. The number of sulfonamides is 1. The zero-order valence-electron chi connectivity index (χ0n) is 13.0. The van der Waals surface area contributed by atoms with Crippen LogP contribution < -0.4 is 5.32 Å². The van der Waals surface area contributed by atoms with Crippen LogP contribution in [0.25, 0.3) is 0 Å². The van der Waals surface area contributed by atoms with Gasteiger partial charge in [-0.2, -0.15) is 4.31 Å². The van der Waals surface area contributed by atoms with E-state index in [1.807, 2.05) is 12.4 Å². The molecule has 2 rings (SSSR count). The molecule has 7 heteroatoms. The Labute approximate surface area is 132 Å². The van der Waals surface area contributed by atoms with Crippen LogP contribution in [0, 0.1) is 0 Å². The summed E-state index contributed by atoms with van der Waals surface area (Å²) < 4.78 is 27.4. The topological polar surface area (TPSA) is 52.7 Å². The van der Waals surface area contributed by atoms with Crippen LogP contribution in [-0.4, -0.2) is 56.9 Å². The Kier molecular flexibility index (Phi) is 5.79. The smallest absolute Gasteiger partial charge is 0.244 e. The van der Waals surface area contributed by atoms with Crippen LogP contribution in [0.2, 0.25) is 0 Å². The van der Waals surface area contributed by atoms with Crippen LogP contribution in [0.4, 0.5) is 0 Å². The predicted molar refractivity (Wildman–Crippen MR) is 87.2 cm³/mol. The molecule has 1 aliphatic rings. The van der Waals surface area contributed by atoms with E-state index in [1.165, 1.54) is 11.3 Å². The molecule has 1 aliphatic heterocycles. The van der Waals surface area contributed by atoms with Gasteiger partial charge in [-0.3, -0.25) is 0 Å². The lowest BCUT2D eigenvalue weighted by Gasteiger charge is -2.20. The van der Waals surface area contributed by atoms with E-state index < -0.39 is 10.0 Å². The Morgan fingerprint density at radius 3 is 2.76 bits per heavy atom. The minimum Gasteiger partial charge on any atom is -0.310 e. The Balaban J connectivity index is 2.17. The Morgan fingerprint density at radius 1 is 1.29 bits per heavy atom. The highest BCUT2D eigenvalue weighted by Crippen LogP contribution is 2.26. The van der Waals surface area contributed by atoms with E-state index in [0.717, 1.165) is 24.4 Å². The highest BCUT2D eigenvalue weighted by Gasteiger charge is 2.28. The van der Waals surface area contributed by atoms with Gasteiger partial charge < -0.3 is 10.2 Å². The normalized spacial score (nSPS) is 19.0. The summed E-state index contributed by atoms with van der Waals surface area (Å²) in [6.45, 7) is 7.67. The molecule has 0 spiro atoms. The highest BCUT2D eigenvalue weighted by atomic mass is 32.2. The van der Waals surface area contributed by atoms with Gasteiger partial charge in [0.1, 0.15) is 0 Å². The number of hydrogen-bond donors (Lipinski definition) is 1. The van der Waals surface area contributed by atoms with Crippen molar-refractivity contribution in [2.45, 2.75) is 37.8 Å². The lowest BCUT2D eigenvalue weighted by Crippen LogP contribution is -2.35. The van der Waals surface area contributed by atoms with Gasteiger partial charge >= 0.3 is 0 Å². The van der Waals surface area contributed by atoms with Crippen molar-refractivity contribution < 1.29 is 8.42 Å². The number of rotatable bonds is 5. The van der Waals surface area contributed by atoms with Crippen molar-refractivity contribution in [1.29, 1.82) is 0 Å². The summed E-state index contributed by atoms with van der Waals surface area (Å²) in [6.07, 6.45) is 0.888. The van der Waals surface area contributed by atoms with Crippen molar-refractivity contribution in [3.05, 3.63) is 16.3 Å². The fraction of sp³-hybridized carbons (Fsp3) is 0.714.